The summed E-state index contributed by atoms with van der Waals surface area (Å²) in [5.41, 5.74) is -0.365. The van der Waals surface area contributed by atoms with E-state index in [1.54, 1.807) is 37.5 Å². The minimum atomic E-state index is -1.09. The molecule has 1 heterocycles. The summed E-state index contributed by atoms with van der Waals surface area (Å²) in [6.45, 7) is 1.75. The van der Waals surface area contributed by atoms with Gasteiger partial charge in [0.2, 0.25) is 5.91 Å². The number of hydrogen-bond donors (Lipinski definition) is 2. The molecule has 1 amide bonds. The Hall–Kier alpha value is -2.14. The molecule has 1 aromatic carbocycles. The molecule has 4 nitrogen and oxygen atoms in total. The highest BCUT2D eigenvalue weighted by Gasteiger charge is 2.23. The van der Waals surface area contributed by atoms with Gasteiger partial charge in [0, 0.05) is 13.0 Å². The van der Waals surface area contributed by atoms with Crippen molar-refractivity contribution >= 4 is 5.91 Å². The maximum atomic E-state index is 12.8. The van der Waals surface area contributed by atoms with Crippen LogP contribution in [0.3, 0.4) is 0 Å². The summed E-state index contributed by atoms with van der Waals surface area (Å²) in [4.78, 5) is 11.8. The summed E-state index contributed by atoms with van der Waals surface area (Å²) in [6.07, 6.45) is 2.01. The number of furan rings is 1. The van der Waals surface area contributed by atoms with Gasteiger partial charge >= 0.3 is 0 Å². The lowest BCUT2D eigenvalue weighted by Crippen LogP contribution is -2.42. The lowest BCUT2D eigenvalue weighted by atomic mass is 10.0. The Bertz CT molecular complexity index is 576. The van der Waals surface area contributed by atoms with Crippen molar-refractivity contribution in [2.75, 3.05) is 6.54 Å². The zero-order valence-electron chi connectivity index (χ0n) is 11.8. The maximum absolute atomic E-state index is 12.8. The maximum Gasteiger partial charge on any atom is 0.224 e. The van der Waals surface area contributed by atoms with Gasteiger partial charge in [0.15, 0.2) is 0 Å². The molecule has 0 saturated heterocycles. The van der Waals surface area contributed by atoms with Gasteiger partial charge in [-0.3, -0.25) is 4.79 Å². The van der Waals surface area contributed by atoms with Crippen LogP contribution in [0, 0.1) is 5.82 Å². The molecule has 112 valence electrons. The second kappa shape index (κ2) is 6.54. The second-order valence-corrected chi connectivity index (χ2v) is 5.33. The molecule has 0 saturated carbocycles. The molecule has 0 radical (unpaired) electrons. The summed E-state index contributed by atoms with van der Waals surface area (Å²) in [7, 11) is 0. The van der Waals surface area contributed by atoms with Crippen LogP contribution in [0.4, 0.5) is 4.39 Å². The molecule has 2 aromatic rings. The molecular formula is C16H18FNO3. The van der Waals surface area contributed by atoms with Crippen LogP contribution in [0.25, 0.3) is 0 Å². The summed E-state index contributed by atoms with van der Waals surface area (Å²) >= 11 is 0. The SMILES string of the molecule is C[C@@](O)(CNC(=O)Cc1ccc(F)cc1)Cc1ccco1. The third-order valence-electron chi connectivity index (χ3n) is 3.08. The van der Waals surface area contributed by atoms with Crippen LogP contribution >= 0.6 is 0 Å². The van der Waals surface area contributed by atoms with E-state index in [0.29, 0.717) is 12.2 Å². The number of rotatable bonds is 6. The highest BCUT2D eigenvalue weighted by atomic mass is 19.1. The average molecular weight is 291 g/mol. The number of benzene rings is 1. The van der Waals surface area contributed by atoms with E-state index in [2.05, 4.69) is 5.32 Å². The molecule has 5 heteroatoms. The zero-order chi connectivity index (χ0) is 15.3. The molecular weight excluding hydrogens is 273 g/mol. The zero-order valence-corrected chi connectivity index (χ0v) is 11.8. The van der Waals surface area contributed by atoms with E-state index < -0.39 is 5.60 Å². The van der Waals surface area contributed by atoms with Gasteiger partial charge in [0.1, 0.15) is 11.6 Å². The van der Waals surface area contributed by atoms with Gasteiger partial charge in [0.05, 0.1) is 18.3 Å². The smallest absolute Gasteiger partial charge is 0.224 e. The molecule has 21 heavy (non-hydrogen) atoms. The molecule has 0 unspecified atom stereocenters. The number of carbonyl (C=O) groups excluding carboxylic acids is 1. The van der Waals surface area contributed by atoms with Gasteiger partial charge in [-0.1, -0.05) is 12.1 Å². The molecule has 0 spiro atoms. The highest BCUT2D eigenvalue weighted by Crippen LogP contribution is 2.13. The topological polar surface area (TPSA) is 62.5 Å². The standard InChI is InChI=1S/C16H18FNO3/c1-16(20,10-14-3-2-8-21-14)11-18-15(19)9-12-4-6-13(17)7-5-12/h2-8,20H,9-11H2,1H3,(H,18,19)/t16-/m0/s1. The Morgan fingerprint density at radius 2 is 2.05 bits per heavy atom. The van der Waals surface area contributed by atoms with Crippen LogP contribution in [0.5, 0.6) is 0 Å². The normalized spacial score (nSPS) is 13.7. The van der Waals surface area contributed by atoms with Crippen molar-refractivity contribution in [2.24, 2.45) is 0 Å². The Kier molecular flexibility index (Phi) is 4.75. The molecule has 1 atom stereocenters. The number of nitrogens with one attached hydrogen (secondary N) is 1. The molecule has 0 bridgehead atoms. The third kappa shape index (κ3) is 5.04. The number of aliphatic hydroxyl groups is 1. The van der Waals surface area contributed by atoms with Crippen LogP contribution < -0.4 is 5.32 Å². The van der Waals surface area contributed by atoms with E-state index in [1.807, 2.05) is 0 Å². The average Bonchev–Trinajstić information content (AvgIpc) is 2.91. The Balaban J connectivity index is 1.81. The number of hydrogen-bond acceptors (Lipinski definition) is 3. The summed E-state index contributed by atoms with van der Waals surface area (Å²) in [5, 5.41) is 12.9. The van der Waals surface area contributed by atoms with E-state index in [1.165, 1.54) is 12.1 Å². The van der Waals surface area contributed by atoms with Crippen LogP contribution in [-0.2, 0) is 17.6 Å². The number of carbonyl (C=O) groups is 1. The first-order valence-electron chi connectivity index (χ1n) is 6.70. The molecule has 0 aliphatic rings. The van der Waals surface area contributed by atoms with Crippen molar-refractivity contribution in [1.29, 1.82) is 0 Å². The van der Waals surface area contributed by atoms with Crippen molar-refractivity contribution in [3.8, 4) is 0 Å². The predicted molar refractivity (Wildman–Crippen MR) is 76.1 cm³/mol. The Morgan fingerprint density at radius 1 is 1.33 bits per heavy atom. The Morgan fingerprint density at radius 3 is 2.67 bits per heavy atom. The number of halogens is 1. The molecule has 0 fully saturated rings. The first kappa shape index (κ1) is 15.3. The largest absolute Gasteiger partial charge is 0.469 e. The molecule has 2 rings (SSSR count). The fraction of sp³-hybridized carbons (Fsp3) is 0.312. The van der Waals surface area contributed by atoms with E-state index in [-0.39, 0.29) is 24.7 Å². The minimum Gasteiger partial charge on any atom is -0.469 e. The van der Waals surface area contributed by atoms with Crippen LogP contribution in [0.1, 0.15) is 18.2 Å². The van der Waals surface area contributed by atoms with Crippen molar-refractivity contribution in [3.63, 3.8) is 0 Å². The van der Waals surface area contributed by atoms with Crippen molar-refractivity contribution < 1.29 is 18.7 Å². The van der Waals surface area contributed by atoms with Gasteiger partial charge in [-0.25, -0.2) is 4.39 Å². The van der Waals surface area contributed by atoms with Crippen LogP contribution in [0.2, 0.25) is 0 Å². The summed E-state index contributed by atoms with van der Waals surface area (Å²) in [5.74, 6) is 0.106. The van der Waals surface area contributed by atoms with Gasteiger partial charge in [0.25, 0.3) is 0 Å². The van der Waals surface area contributed by atoms with Crippen LogP contribution in [0.15, 0.2) is 47.1 Å². The van der Waals surface area contributed by atoms with Crippen molar-refractivity contribution in [2.45, 2.75) is 25.4 Å². The monoisotopic (exact) mass is 291 g/mol. The Labute approximate surface area is 122 Å². The number of amides is 1. The van der Waals surface area contributed by atoms with E-state index in [0.717, 1.165) is 5.56 Å². The molecule has 1 aromatic heterocycles. The fourth-order valence-corrected chi connectivity index (χ4v) is 1.99. The lowest BCUT2D eigenvalue weighted by Gasteiger charge is -2.22. The third-order valence-corrected chi connectivity index (χ3v) is 3.08. The van der Waals surface area contributed by atoms with Crippen LogP contribution in [-0.4, -0.2) is 23.2 Å². The lowest BCUT2D eigenvalue weighted by molar-refractivity contribution is -0.121. The summed E-state index contributed by atoms with van der Waals surface area (Å²) < 4.78 is 17.9. The quantitative estimate of drug-likeness (QED) is 0.856. The van der Waals surface area contributed by atoms with E-state index in [9.17, 15) is 14.3 Å². The second-order valence-electron chi connectivity index (χ2n) is 5.33. The first-order valence-corrected chi connectivity index (χ1v) is 6.70. The van der Waals surface area contributed by atoms with Gasteiger partial charge < -0.3 is 14.8 Å². The minimum absolute atomic E-state index is 0.119. The van der Waals surface area contributed by atoms with Gasteiger partial charge in [-0.15, -0.1) is 0 Å². The van der Waals surface area contributed by atoms with E-state index >= 15 is 0 Å². The fourth-order valence-electron chi connectivity index (χ4n) is 1.99. The van der Waals surface area contributed by atoms with Crippen molar-refractivity contribution in [3.05, 3.63) is 59.8 Å². The van der Waals surface area contributed by atoms with Gasteiger partial charge in [-0.2, -0.15) is 0 Å². The van der Waals surface area contributed by atoms with E-state index in [4.69, 9.17) is 4.42 Å². The summed E-state index contributed by atoms with van der Waals surface area (Å²) in [6, 6.07) is 9.28. The van der Waals surface area contributed by atoms with Crippen molar-refractivity contribution in [1.82, 2.24) is 5.32 Å². The molecule has 2 N–H and O–H groups in total. The molecule has 0 aliphatic heterocycles. The predicted octanol–water partition coefficient (Wildman–Crippen LogP) is 2.07. The van der Waals surface area contributed by atoms with Gasteiger partial charge in [-0.05, 0) is 36.8 Å². The molecule has 0 aliphatic carbocycles. The highest BCUT2D eigenvalue weighted by molar-refractivity contribution is 5.78. The first-order chi connectivity index (χ1) is 9.94.